The minimum Gasteiger partial charge on any atom is -0.271 e. The maximum Gasteiger partial charge on any atom is 0.126 e. The number of halogens is 2. The summed E-state index contributed by atoms with van der Waals surface area (Å²) in [7, 11) is 0. The molecule has 0 spiro atoms. The van der Waals surface area contributed by atoms with Crippen LogP contribution in [0.25, 0.3) is 0 Å². The second-order valence-electron chi connectivity index (χ2n) is 6.87. The van der Waals surface area contributed by atoms with Crippen molar-refractivity contribution in [3.05, 3.63) is 35.4 Å². The van der Waals surface area contributed by atoms with Crippen molar-refractivity contribution in [2.24, 2.45) is 17.2 Å². The van der Waals surface area contributed by atoms with Gasteiger partial charge in [0, 0.05) is 12.1 Å². The Bertz CT molecular complexity index is 448. The number of nitrogens with two attached hydrogens (primary N) is 1. The van der Waals surface area contributed by atoms with Gasteiger partial charge in [0.1, 0.15) is 11.6 Å². The molecule has 1 atom stereocenters. The van der Waals surface area contributed by atoms with Crippen LogP contribution in [-0.2, 0) is 6.42 Å². The third kappa shape index (κ3) is 4.01. The molecular weight excluding hydrogens is 270 g/mol. The Balaban J connectivity index is 2.20. The quantitative estimate of drug-likeness (QED) is 0.616. The first-order chi connectivity index (χ1) is 9.95. The SMILES string of the molecule is CC(C)CC1(C(Cc2cc(F)cc(F)c2)NN)CCCC1. The predicted octanol–water partition coefficient (Wildman–Crippen LogP) is 3.95. The molecule has 4 heteroatoms. The number of hydrogen-bond donors (Lipinski definition) is 2. The van der Waals surface area contributed by atoms with Gasteiger partial charge in [-0.15, -0.1) is 0 Å². The molecule has 1 saturated carbocycles. The molecule has 0 aromatic heterocycles. The fourth-order valence-corrected chi connectivity index (χ4v) is 4.00. The summed E-state index contributed by atoms with van der Waals surface area (Å²) in [6.07, 6.45) is 6.36. The van der Waals surface area contributed by atoms with E-state index in [9.17, 15) is 8.78 Å². The highest BCUT2D eigenvalue weighted by molar-refractivity contribution is 5.20. The highest BCUT2D eigenvalue weighted by atomic mass is 19.1. The molecule has 1 aromatic rings. The molecule has 21 heavy (non-hydrogen) atoms. The molecule has 1 fully saturated rings. The predicted molar refractivity (Wildman–Crippen MR) is 81.5 cm³/mol. The summed E-state index contributed by atoms with van der Waals surface area (Å²) < 4.78 is 26.7. The van der Waals surface area contributed by atoms with Crippen LogP contribution >= 0.6 is 0 Å². The molecule has 1 aromatic carbocycles. The maximum absolute atomic E-state index is 13.4. The van der Waals surface area contributed by atoms with E-state index >= 15 is 0 Å². The van der Waals surface area contributed by atoms with Crippen LogP contribution in [0.1, 0.15) is 51.5 Å². The van der Waals surface area contributed by atoms with Gasteiger partial charge in [0.2, 0.25) is 0 Å². The van der Waals surface area contributed by atoms with Crippen molar-refractivity contribution in [3.63, 3.8) is 0 Å². The summed E-state index contributed by atoms with van der Waals surface area (Å²) in [6, 6.07) is 3.79. The lowest BCUT2D eigenvalue weighted by Crippen LogP contribution is -2.49. The van der Waals surface area contributed by atoms with Gasteiger partial charge in [0.15, 0.2) is 0 Å². The first-order valence-corrected chi connectivity index (χ1v) is 7.86. The number of hydrazine groups is 1. The maximum atomic E-state index is 13.4. The molecule has 2 rings (SSSR count). The third-order valence-electron chi connectivity index (χ3n) is 4.72. The lowest BCUT2D eigenvalue weighted by atomic mass is 9.71. The number of benzene rings is 1. The molecule has 0 aliphatic heterocycles. The van der Waals surface area contributed by atoms with Gasteiger partial charge < -0.3 is 0 Å². The van der Waals surface area contributed by atoms with E-state index < -0.39 is 11.6 Å². The van der Waals surface area contributed by atoms with Crippen molar-refractivity contribution in [1.82, 2.24) is 5.43 Å². The van der Waals surface area contributed by atoms with Crippen molar-refractivity contribution in [1.29, 1.82) is 0 Å². The Morgan fingerprint density at radius 2 is 1.71 bits per heavy atom. The molecule has 0 radical (unpaired) electrons. The van der Waals surface area contributed by atoms with Crippen LogP contribution in [0, 0.1) is 23.0 Å². The average molecular weight is 296 g/mol. The van der Waals surface area contributed by atoms with E-state index in [1.807, 2.05) is 0 Å². The Kier molecular flexibility index (Phi) is 5.33. The molecule has 0 amide bonds. The lowest BCUT2D eigenvalue weighted by Gasteiger charge is -2.39. The summed E-state index contributed by atoms with van der Waals surface area (Å²) in [5.74, 6) is 5.34. The van der Waals surface area contributed by atoms with Gasteiger partial charge >= 0.3 is 0 Å². The largest absolute Gasteiger partial charge is 0.271 e. The summed E-state index contributed by atoms with van der Waals surface area (Å²) in [4.78, 5) is 0. The van der Waals surface area contributed by atoms with Crippen LogP contribution in [0.2, 0.25) is 0 Å². The minimum atomic E-state index is -0.523. The van der Waals surface area contributed by atoms with E-state index in [1.165, 1.54) is 25.0 Å². The molecule has 2 nitrogen and oxygen atoms in total. The van der Waals surface area contributed by atoms with Crippen LogP contribution < -0.4 is 11.3 Å². The number of hydrogen-bond acceptors (Lipinski definition) is 2. The molecule has 0 saturated heterocycles. The smallest absolute Gasteiger partial charge is 0.126 e. The topological polar surface area (TPSA) is 38.0 Å². The normalized spacial score (nSPS) is 19.1. The van der Waals surface area contributed by atoms with E-state index in [0.29, 0.717) is 17.9 Å². The molecule has 0 heterocycles. The highest BCUT2D eigenvalue weighted by Gasteiger charge is 2.41. The highest BCUT2D eigenvalue weighted by Crippen LogP contribution is 2.46. The van der Waals surface area contributed by atoms with E-state index in [0.717, 1.165) is 25.3 Å². The first-order valence-electron chi connectivity index (χ1n) is 7.86. The second-order valence-corrected chi connectivity index (χ2v) is 6.87. The standard InChI is InChI=1S/C17H26F2N2/c1-12(2)11-17(5-3-4-6-17)16(21-20)9-13-7-14(18)10-15(19)8-13/h7-8,10,12,16,21H,3-6,9,11,20H2,1-2H3. The van der Waals surface area contributed by atoms with Gasteiger partial charge in [-0.05, 0) is 54.7 Å². The van der Waals surface area contributed by atoms with Gasteiger partial charge in [-0.25, -0.2) is 8.78 Å². The van der Waals surface area contributed by atoms with Crippen LogP contribution in [0.5, 0.6) is 0 Å². The number of nitrogens with one attached hydrogen (secondary N) is 1. The average Bonchev–Trinajstić information content (AvgIpc) is 2.83. The lowest BCUT2D eigenvalue weighted by molar-refractivity contribution is 0.154. The molecule has 1 unspecified atom stereocenters. The second kappa shape index (κ2) is 6.84. The van der Waals surface area contributed by atoms with Crippen LogP contribution in [0.3, 0.4) is 0 Å². The van der Waals surface area contributed by atoms with E-state index in [1.54, 1.807) is 0 Å². The Labute approximate surface area is 126 Å². The minimum absolute atomic E-state index is 0.0589. The monoisotopic (exact) mass is 296 g/mol. The zero-order valence-corrected chi connectivity index (χ0v) is 13.0. The molecule has 1 aliphatic carbocycles. The van der Waals surface area contributed by atoms with Crippen LogP contribution in [-0.4, -0.2) is 6.04 Å². The van der Waals surface area contributed by atoms with Gasteiger partial charge in [-0.2, -0.15) is 0 Å². The third-order valence-corrected chi connectivity index (χ3v) is 4.72. The number of rotatable bonds is 6. The zero-order chi connectivity index (χ0) is 15.5. The van der Waals surface area contributed by atoms with Crippen LogP contribution in [0.15, 0.2) is 18.2 Å². The molecule has 3 N–H and O–H groups in total. The van der Waals surface area contributed by atoms with Crippen molar-refractivity contribution in [3.8, 4) is 0 Å². The summed E-state index contributed by atoms with van der Waals surface area (Å²) in [5.41, 5.74) is 3.75. The Morgan fingerprint density at radius 3 is 2.19 bits per heavy atom. The summed E-state index contributed by atoms with van der Waals surface area (Å²) in [5, 5.41) is 0. The first kappa shape index (κ1) is 16.4. The molecule has 0 bridgehead atoms. The van der Waals surface area contributed by atoms with Crippen LogP contribution in [0.4, 0.5) is 8.78 Å². The Hall–Kier alpha value is -1.00. The fraction of sp³-hybridized carbons (Fsp3) is 0.647. The van der Waals surface area contributed by atoms with Gasteiger partial charge in [-0.1, -0.05) is 26.7 Å². The van der Waals surface area contributed by atoms with Gasteiger partial charge in [0.25, 0.3) is 0 Å². The van der Waals surface area contributed by atoms with E-state index in [2.05, 4.69) is 19.3 Å². The zero-order valence-electron chi connectivity index (χ0n) is 13.0. The van der Waals surface area contributed by atoms with E-state index in [-0.39, 0.29) is 11.5 Å². The van der Waals surface area contributed by atoms with Crippen molar-refractivity contribution in [2.45, 2.75) is 58.4 Å². The van der Waals surface area contributed by atoms with Gasteiger partial charge in [0.05, 0.1) is 0 Å². The summed E-state index contributed by atoms with van der Waals surface area (Å²) >= 11 is 0. The molecule has 118 valence electrons. The fourth-order valence-electron chi connectivity index (χ4n) is 4.00. The van der Waals surface area contributed by atoms with Crippen molar-refractivity contribution >= 4 is 0 Å². The molecular formula is C17H26F2N2. The molecule has 1 aliphatic rings. The Morgan fingerprint density at radius 1 is 1.14 bits per heavy atom. The van der Waals surface area contributed by atoms with Gasteiger partial charge in [-0.3, -0.25) is 11.3 Å². The van der Waals surface area contributed by atoms with Crippen molar-refractivity contribution in [2.75, 3.05) is 0 Å². The van der Waals surface area contributed by atoms with Crippen molar-refractivity contribution < 1.29 is 8.78 Å². The summed E-state index contributed by atoms with van der Waals surface area (Å²) in [6.45, 7) is 4.44. The van der Waals surface area contributed by atoms with E-state index in [4.69, 9.17) is 5.84 Å².